The lowest BCUT2D eigenvalue weighted by atomic mass is 10.1. The number of nitrogens with one attached hydrogen (secondary N) is 1. The number of hydrogen-bond donors (Lipinski definition) is 1. The SMILES string of the molecule is COc1ccc2c(Oc3ccc4c(C(=O)NC(C)(C)OC)c(C)oc4c3)ccnc2c1. The van der Waals surface area contributed by atoms with Crippen molar-refractivity contribution in [1.82, 2.24) is 10.3 Å². The Balaban J connectivity index is 1.67. The molecule has 0 radical (unpaired) electrons. The van der Waals surface area contributed by atoms with Crippen LogP contribution in [-0.2, 0) is 4.74 Å². The van der Waals surface area contributed by atoms with Gasteiger partial charge in [0.15, 0.2) is 0 Å². The predicted octanol–water partition coefficient (Wildman–Crippen LogP) is 5.20. The number of furan rings is 1. The molecule has 2 heterocycles. The van der Waals surface area contributed by atoms with Gasteiger partial charge >= 0.3 is 0 Å². The van der Waals surface area contributed by atoms with Crippen molar-refractivity contribution in [2.45, 2.75) is 26.5 Å². The lowest BCUT2D eigenvalue weighted by molar-refractivity contribution is -0.00346. The van der Waals surface area contributed by atoms with Crippen molar-refractivity contribution in [1.29, 1.82) is 0 Å². The second-order valence-corrected chi connectivity index (χ2v) is 7.65. The first-order chi connectivity index (χ1) is 14.8. The average Bonchev–Trinajstić information content (AvgIpc) is 3.08. The second-order valence-electron chi connectivity index (χ2n) is 7.65. The molecule has 0 saturated heterocycles. The fourth-order valence-electron chi connectivity index (χ4n) is 3.38. The number of ether oxygens (including phenoxy) is 3. The van der Waals surface area contributed by atoms with Crippen molar-refractivity contribution < 1.29 is 23.4 Å². The van der Waals surface area contributed by atoms with E-state index in [0.717, 1.165) is 16.7 Å². The first kappa shape index (κ1) is 20.7. The Kier molecular flexibility index (Phi) is 5.29. The number of amides is 1. The number of carbonyl (C=O) groups is 1. The van der Waals surface area contributed by atoms with Crippen LogP contribution in [0.15, 0.2) is 53.1 Å². The summed E-state index contributed by atoms with van der Waals surface area (Å²) in [7, 11) is 3.16. The van der Waals surface area contributed by atoms with Gasteiger partial charge in [0, 0.05) is 36.2 Å². The Morgan fingerprint density at radius 2 is 1.77 bits per heavy atom. The van der Waals surface area contributed by atoms with Gasteiger partial charge in [-0.25, -0.2) is 0 Å². The number of aryl methyl sites for hydroxylation is 1. The van der Waals surface area contributed by atoms with Gasteiger partial charge in [0.05, 0.1) is 18.2 Å². The first-order valence-corrected chi connectivity index (χ1v) is 9.83. The van der Waals surface area contributed by atoms with Crippen LogP contribution >= 0.6 is 0 Å². The average molecular weight is 420 g/mol. The minimum Gasteiger partial charge on any atom is -0.497 e. The van der Waals surface area contributed by atoms with E-state index < -0.39 is 5.72 Å². The van der Waals surface area contributed by atoms with Gasteiger partial charge in [-0.2, -0.15) is 0 Å². The standard InChI is InChI=1S/C24H24N2O5/c1-14-22(23(27)26-24(2,3)29-5)18-9-7-16(13-21(18)30-14)31-20-10-11-25-19-12-15(28-4)6-8-17(19)20/h6-13H,1-5H3,(H,26,27). The maximum absolute atomic E-state index is 12.8. The molecular formula is C24H24N2O5. The summed E-state index contributed by atoms with van der Waals surface area (Å²) in [5, 5.41) is 4.42. The van der Waals surface area contributed by atoms with E-state index in [4.69, 9.17) is 18.6 Å². The molecule has 31 heavy (non-hydrogen) atoms. The van der Waals surface area contributed by atoms with Gasteiger partial charge in [0.2, 0.25) is 0 Å². The zero-order valence-corrected chi connectivity index (χ0v) is 18.1. The summed E-state index contributed by atoms with van der Waals surface area (Å²) in [4.78, 5) is 17.2. The molecule has 4 rings (SSSR count). The van der Waals surface area contributed by atoms with Crippen LogP contribution in [-0.4, -0.2) is 30.8 Å². The van der Waals surface area contributed by atoms with Crippen LogP contribution in [0, 0.1) is 6.92 Å². The van der Waals surface area contributed by atoms with Gasteiger partial charge in [-0.3, -0.25) is 9.78 Å². The molecule has 160 valence electrons. The number of methoxy groups -OCH3 is 2. The van der Waals surface area contributed by atoms with E-state index in [2.05, 4.69) is 10.3 Å². The van der Waals surface area contributed by atoms with Crippen molar-refractivity contribution in [3.05, 3.63) is 60.0 Å². The summed E-state index contributed by atoms with van der Waals surface area (Å²) < 4.78 is 22.5. The molecule has 1 N–H and O–H groups in total. The monoisotopic (exact) mass is 420 g/mol. The molecule has 1 amide bonds. The molecule has 7 heteroatoms. The maximum Gasteiger partial charge on any atom is 0.257 e. The van der Waals surface area contributed by atoms with Gasteiger partial charge < -0.3 is 23.9 Å². The van der Waals surface area contributed by atoms with Crippen LogP contribution in [0.5, 0.6) is 17.2 Å². The number of fused-ring (bicyclic) bond motifs is 2. The summed E-state index contributed by atoms with van der Waals surface area (Å²) >= 11 is 0. The molecule has 0 atom stereocenters. The van der Waals surface area contributed by atoms with Crippen molar-refractivity contribution in [3.63, 3.8) is 0 Å². The van der Waals surface area contributed by atoms with Crippen molar-refractivity contribution in [3.8, 4) is 17.2 Å². The summed E-state index contributed by atoms with van der Waals surface area (Å²) in [6.45, 7) is 5.32. The zero-order valence-electron chi connectivity index (χ0n) is 18.1. The quantitative estimate of drug-likeness (QED) is 0.432. The second kappa shape index (κ2) is 7.92. The Hall–Kier alpha value is -3.58. The largest absolute Gasteiger partial charge is 0.497 e. The number of hydrogen-bond acceptors (Lipinski definition) is 6. The number of aromatic nitrogens is 1. The number of rotatable bonds is 6. The molecule has 0 bridgehead atoms. The normalized spacial score (nSPS) is 11.6. The van der Waals surface area contributed by atoms with E-state index in [9.17, 15) is 4.79 Å². The number of benzene rings is 2. The lowest BCUT2D eigenvalue weighted by Gasteiger charge is -2.24. The van der Waals surface area contributed by atoms with Crippen LogP contribution in [0.1, 0.15) is 30.0 Å². The highest BCUT2D eigenvalue weighted by Gasteiger charge is 2.25. The third-order valence-corrected chi connectivity index (χ3v) is 5.13. The Morgan fingerprint density at radius 1 is 1.03 bits per heavy atom. The summed E-state index contributed by atoms with van der Waals surface area (Å²) in [5.74, 6) is 2.25. The molecule has 0 fully saturated rings. The van der Waals surface area contributed by atoms with E-state index >= 15 is 0 Å². The fraction of sp³-hybridized carbons (Fsp3) is 0.250. The Morgan fingerprint density at radius 3 is 2.52 bits per heavy atom. The van der Waals surface area contributed by atoms with E-state index in [1.807, 2.05) is 30.3 Å². The van der Waals surface area contributed by atoms with E-state index in [1.54, 1.807) is 53.3 Å². The highest BCUT2D eigenvalue weighted by atomic mass is 16.5. The van der Waals surface area contributed by atoms with Crippen LogP contribution in [0.25, 0.3) is 21.9 Å². The smallest absolute Gasteiger partial charge is 0.257 e. The number of nitrogens with zero attached hydrogens (tertiary/aromatic N) is 1. The van der Waals surface area contributed by atoms with Crippen LogP contribution in [0.2, 0.25) is 0 Å². The molecule has 0 spiro atoms. The molecule has 7 nitrogen and oxygen atoms in total. The highest BCUT2D eigenvalue weighted by molar-refractivity contribution is 6.07. The maximum atomic E-state index is 12.8. The van der Waals surface area contributed by atoms with E-state index in [1.165, 1.54) is 0 Å². The van der Waals surface area contributed by atoms with Crippen LogP contribution < -0.4 is 14.8 Å². The Bertz CT molecular complexity index is 1280. The predicted molar refractivity (Wildman–Crippen MR) is 118 cm³/mol. The van der Waals surface area contributed by atoms with Crippen LogP contribution in [0.3, 0.4) is 0 Å². The summed E-state index contributed by atoms with van der Waals surface area (Å²) in [6, 6.07) is 12.8. The Labute approximate surface area is 179 Å². The molecule has 0 unspecified atom stereocenters. The fourth-order valence-corrected chi connectivity index (χ4v) is 3.38. The van der Waals surface area contributed by atoms with Gasteiger partial charge in [-0.15, -0.1) is 0 Å². The van der Waals surface area contributed by atoms with Gasteiger partial charge in [-0.05, 0) is 51.1 Å². The summed E-state index contributed by atoms with van der Waals surface area (Å²) in [5.41, 5.74) is 1.02. The third kappa shape index (κ3) is 4.04. The van der Waals surface area contributed by atoms with Crippen molar-refractivity contribution in [2.75, 3.05) is 14.2 Å². The zero-order chi connectivity index (χ0) is 22.2. The molecule has 0 saturated carbocycles. The molecule has 0 aliphatic carbocycles. The molecule has 4 aromatic rings. The molecular weight excluding hydrogens is 396 g/mol. The minimum absolute atomic E-state index is 0.258. The topological polar surface area (TPSA) is 82.8 Å². The molecule has 2 aromatic carbocycles. The molecule has 0 aliphatic rings. The van der Waals surface area contributed by atoms with Gasteiger partial charge in [0.1, 0.15) is 34.3 Å². The lowest BCUT2D eigenvalue weighted by Crippen LogP contribution is -2.44. The van der Waals surface area contributed by atoms with E-state index in [0.29, 0.717) is 33.8 Å². The van der Waals surface area contributed by atoms with E-state index in [-0.39, 0.29) is 5.91 Å². The van der Waals surface area contributed by atoms with Gasteiger partial charge in [-0.1, -0.05) is 0 Å². The first-order valence-electron chi connectivity index (χ1n) is 9.83. The minimum atomic E-state index is -0.790. The molecule has 2 aromatic heterocycles. The number of pyridine rings is 1. The van der Waals surface area contributed by atoms with Gasteiger partial charge in [0.25, 0.3) is 5.91 Å². The highest BCUT2D eigenvalue weighted by Crippen LogP contribution is 2.34. The summed E-state index contributed by atoms with van der Waals surface area (Å²) in [6.07, 6.45) is 1.69. The number of carbonyl (C=O) groups excluding carboxylic acids is 1. The van der Waals surface area contributed by atoms with Crippen molar-refractivity contribution in [2.24, 2.45) is 0 Å². The van der Waals surface area contributed by atoms with Crippen molar-refractivity contribution >= 4 is 27.8 Å². The third-order valence-electron chi connectivity index (χ3n) is 5.13. The molecule has 0 aliphatic heterocycles. The van der Waals surface area contributed by atoms with Crippen LogP contribution in [0.4, 0.5) is 0 Å².